The van der Waals surface area contributed by atoms with Crippen LogP contribution in [0.2, 0.25) is 0 Å². The molecule has 0 amide bonds. The van der Waals surface area contributed by atoms with Gasteiger partial charge in [0.1, 0.15) is 17.2 Å². The van der Waals surface area contributed by atoms with Gasteiger partial charge >= 0.3 is 5.97 Å². The Bertz CT molecular complexity index is 457. The van der Waals surface area contributed by atoms with Gasteiger partial charge in [-0.25, -0.2) is 14.2 Å². The maximum absolute atomic E-state index is 13.1. The summed E-state index contributed by atoms with van der Waals surface area (Å²) in [6.07, 6.45) is 5.58. The van der Waals surface area contributed by atoms with Crippen LogP contribution in [0.25, 0.3) is 0 Å². The molecule has 104 valence electrons. The van der Waals surface area contributed by atoms with Crippen molar-refractivity contribution in [2.75, 3.05) is 18.0 Å². The molecule has 1 aliphatic rings. The van der Waals surface area contributed by atoms with Crippen LogP contribution in [0.4, 0.5) is 10.2 Å². The first-order valence-electron chi connectivity index (χ1n) is 6.75. The van der Waals surface area contributed by atoms with Crippen LogP contribution in [-0.2, 0) is 0 Å². The summed E-state index contributed by atoms with van der Waals surface area (Å²) >= 11 is 0. The van der Waals surface area contributed by atoms with Gasteiger partial charge in [-0.3, -0.25) is 0 Å². The van der Waals surface area contributed by atoms with E-state index in [1.54, 1.807) is 0 Å². The number of carboxylic acids is 1. The van der Waals surface area contributed by atoms with E-state index in [1.807, 2.05) is 4.90 Å². The largest absolute Gasteiger partial charge is 0.478 e. The van der Waals surface area contributed by atoms with Gasteiger partial charge in [0, 0.05) is 13.1 Å². The third-order valence-corrected chi connectivity index (χ3v) is 3.67. The summed E-state index contributed by atoms with van der Waals surface area (Å²) in [5, 5.41) is 9.12. The second kappa shape index (κ2) is 5.99. The summed E-state index contributed by atoms with van der Waals surface area (Å²) < 4.78 is 13.1. The molecule has 2 heterocycles. The second-order valence-corrected chi connectivity index (χ2v) is 5.05. The third kappa shape index (κ3) is 3.22. The van der Waals surface area contributed by atoms with Crippen molar-refractivity contribution in [2.24, 2.45) is 5.92 Å². The van der Waals surface area contributed by atoms with Gasteiger partial charge in [0.05, 0.1) is 6.20 Å². The lowest BCUT2D eigenvalue weighted by Gasteiger charge is -2.33. The zero-order valence-corrected chi connectivity index (χ0v) is 11.1. The standard InChI is InChI=1S/C14H19FN2O2/c1-2-3-10-4-6-17(7-5-10)13-12(14(18)19)8-11(15)9-16-13/h8-10H,2-7H2,1H3,(H,18,19). The number of piperidine rings is 1. The number of hydrogen-bond acceptors (Lipinski definition) is 3. The van der Waals surface area contributed by atoms with Crippen molar-refractivity contribution in [3.63, 3.8) is 0 Å². The predicted octanol–water partition coefficient (Wildman–Crippen LogP) is 2.94. The monoisotopic (exact) mass is 266 g/mol. The Balaban J connectivity index is 2.13. The maximum Gasteiger partial charge on any atom is 0.339 e. The fourth-order valence-corrected chi connectivity index (χ4v) is 2.68. The summed E-state index contributed by atoms with van der Waals surface area (Å²) in [4.78, 5) is 17.1. The van der Waals surface area contributed by atoms with Crippen molar-refractivity contribution < 1.29 is 14.3 Å². The molecule has 2 rings (SSSR count). The quantitative estimate of drug-likeness (QED) is 0.910. The van der Waals surface area contributed by atoms with Crippen molar-refractivity contribution in [1.29, 1.82) is 0 Å². The van der Waals surface area contributed by atoms with Crippen molar-refractivity contribution in [3.8, 4) is 0 Å². The average molecular weight is 266 g/mol. The number of aromatic carboxylic acids is 1. The van der Waals surface area contributed by atoms with Gasteiger partial charge in [-0.05, 0) is 24.8 Å². The van der Waals surface area contributed by atoms with E-state index in [4.69, 9.17) is 5.11 Å². The molecule has 0 saturated carbocycles. The van der Waals surface area contributed by atoms with Crippen molar-refractivity contribution >= 4 is 11.8 Å². The van der Waals surface area contributed by atoms with E-state index in [9.17, 15) is 9.18 Å². The molecule has 0 unspecified atom stereocenters. The van der Waals surface area contributed by atoms with Gasteiger partial charge in [0.25, 0.3) is 0 Å². The molecule has 0 spiro atoms. The number of carboxylic acid groups (broad SMARTS) is 1. The predicted molar refractivity (Wildman–Crippen MR) is 71.0 cm³/mol. The maximum atomic E-state index is 13.1. The minimum Gasteiger partial charge on any atom is -0.478 e. The van der Waals surface area contributed by atoms with Gasteiger partial charge in [0.2, 0.25) is 0 Å². The van der Waals surface area contributed by atoms with Gasteiger partial charge in [-0.2, -0.15) is 0 Å². The SMILES string of the molecule is CCCC1CCN(c2ncc(F)cc2C(=O)O)CC1. The van der Waals surface area contributed by atoms with Crippen LogP contribution in [0.5, 0.6) is 0 Å². The molecule has 1 aliphatic heterocycles. The number of anilines is 1. The Hall–Kier alpha value is -1.65. The molecule has 1 aromatic heterocycles. The molecule has 1 saturated heterocycles. The van der Waals surface area contributed by atoms with E-state index in [0.29, 0.717) is 5.82 Å². The number of aromatic nitrogens is 1. The molecule has 0 bridgehead atoms. The first kappa shape index (κ1) is 13.8. The molecule has 1 N–H and O–H groups in total. The molecule has 0 aromatic carbocycles. The Morgan fingerprint density at radius 2 is 2.21 bits per heavy atom. The normalized spacial score (nSPS) is 16.6. The van der Waals surface area contributed by atoms with Crippen LogP contribution in [0.3, 0.4) is 0 Å². The van der Waals surface area contributed by atoms with Crippen LogP contribution < -0.4 is 4.90 Å². The summed E-state index contributed by atoms with van der Waals surface area (Å²) in [6, 6.07) is 1.04. The summed E-state index contributed by atoms with van der Waals surface area (Å²) in [6.45, 7) is 3.77. The van der Waals surface area contributed by atoms with Crippen LogP contribution in [0, 0.1) is 11.7 Å². The fraction of sp³-hybridized carbons (Fsp3) is 0.571. The smallest absolute Gasteiger partial charge is 0.339 e. The van der Waals surface area contributed by atoms with E-state index in [2.05, 4.69) is 11.9 Å². The summed E-state index contributed by atoms with van der Waals surface area (Å²) in [5.74, 6) is -0.626. The Labute approximate surface area is 112 Å². The van der Waals surface area contributed by atoms with Gasteiger partial charge < -0.3 is 10.0 Å². The Morgan fingerprint density at radius 1 is 1.53 bits per heavy atom. The van der Waals surface area contributed by atoms with E-state index in [1.165, 1.54) is 12.8 Å². The van der Waals surface area contributed by atoms with Crippen molar-refractivity contribution in [1.82, 2.24) is 4.98 Å². The summed E-state index contributed by atoms with van der Waals surface area (Å²) in [5.41, 5.74) is -0.0473. The van der Waals surface area contributed by atoms with Gasteiger partial charge in [0.15, 0.2) is 0 Å². The fourth-order valence-electron chi connectivity index (χ4n) is 2.68. The van der Waals surface area contributed by atoms with Gasteiger partial charge in [-0.15, -0.1) is 0 Å². The average Bonchev–Trinajstić information content (AvgIpc) is 2.40. The lowest BCUT2D eigenvalue weighted by Crippen LogP contribution is -2.35. The molecule has 0 atom stereocenters. The van der Waals surface area contributed by atoms with E-state index < -0.39 is 11.8 Å². The number of rotatable bonds is 4. The molecule has 4 nitrogen and oxygen atoms in total. The third-order valence-electron chi connectivity index (χ3n) is 3.67. The van der Waals surface area contributed by atoms with E-state index in [-0.39, 0.29) is 5.56 Å². The second-order valence-electron chi connectivity index (χ2n) is 5.05. The minimum atomic E-state index is -1.13. The highest BCUT2D eigenvalue weighted by atomic mass is 19.1. The van der Waals surface area contributed by atoms with Crippen LogP contribution >= 0.6 is 0 Å². The number of hydrogen-bond donors (Lipinski definition) is 1. The van der Waals surface area contributed by atoms with Crippen molar-refractivity contribution in [3.05, 3.63) is 23.6 Å². The van der Waals surface area contributed by atoms with E-state index in [0.717, 1.165) is 44.1 Å². The molecule has 1 fully saturated rings. The molecular formula is C14H19FN2O2. The first-order chi connectivity index (χ1) is 9.11. The Kier molecular flexibility index (Phi) is 4.35. The molecule has 19 heavy (non-hydrogen) atoms. The highest BCUT2D eigenvalue weighted by molar-refractivity contribution is 5.93. The molecule has 0 aliphatic carbocycles. The first-order valence-corrected chi connectivity index (χ1v) is 6.75. The lowest BCUT2D eigenvalue weighted by atomic mass is 9.92. The van der Waals surface area contributed by atoms with Crippen LogP contribution in [-0.4, -0.2) is 29.1 Å². The minimum absolute atomic E-state index is 0.0473. The highest BCUT2D eigenvalue weighted by Gasteiger charge is 2.23. The topological polar surface area (TPSA) is 53.4 Å². The molecule has 0 radical (unpaired) electrons. The van der Waals surface area contributed by atoms with Crippen LogP contribution in [0.1, 0.15) is 43.0 Å². The number of halogens is 1. The van der Waals surface area contributed by atoms with Crippen LogP contribution in [0.15, 0.2) is 12.3 Å². The zero-order valence-electron chi connectivity index (χ0n) is 11.1. The molecule has 5 heteroatoms. The summed E-state index contributed by atoms with van der Waals surface area (Å²) in [7, 11) is 0. The van der Waals surface area contributed by atoms with Gasteiger partial charge in [-0.1, -0.05) is 19.8 Å². The molecule has 1 aromatic rings. The highest BCUT2D eigenvalue weighted by Crippen LogP contribution is 2.27. The van der Waals surface area contributed by atoms with E-state index >= 15 is 0 Å². The zero-order chi connectivity index (χ0) is 13.8. The number of nitrogens with zero attached hydrogens (tertiary/aromatic N) is 2. The Morgan fingerprint density at radius 3 is 2.79 bits per heavy atom. The molecular weight excluding hydrogens is 247 g/mol. The van der Waals surface area contributed by atoms with Crippen molar-refractivity contribution in [2.45, 2.75) is 32.6 Å². The number of carbonyl (C=O) groups is 1. The number of pyridine rings is 1. The lowest BCUT2D eigenvalue weighted by molar-refractivity contribution is 0.0696.